The Bertz CT molecular complexity index is 905. The summed E-state index contributed by atoms with van der Waals surface area (Å²) >= 11 is 1.46. The predicted octanol–water partition coefficient (Wildman–Crippen LogP) is 2.03. The number of benzene rings is 1. The predicted molar refractivity (Wildman–Crippen MR) is 97.4 cm³/mol. The first-order valence-corrected chi connectivity index (χ1v) is 10.5. The van der Waals surface area contributed by atoms with Crippen LogP contribution in [0.1, 0.15) is 28.8 Å². The van der Waals surface area contributed by atoms with Crippen molar-refractivity contribution < 1.29 is 23.2 Å². The monoisotopic (exact) mass is 394 g/mol. The molecule has 0 unspecified atom stereocenters. The Kier molecular flexibility index (Phi) is 5.52. The third-order valence-corrected chi connectivity index (χ3v) is 7.26. The van der Waals surface area contributed by atoms with Crippen LogP contribution in [0.3, 0.4) is 0 Å². The molecule has 7 nitrogen and oxygen atoms in total. The summed E-state index contributed by atoms with van der Waals surface area (Å²) in [4.78, 5) is 23.8. The van der Waals surface area contributed by atoms with Gasteiger partial charge in [0.2, 0.25) is 10.0 Å². The lowest BCUT2D eigenvalue weighted by molar-refractivity contribution is -0.133. The molecule has 1 atom stereocenters. The van der Waals surface area contributed by atoms with Crippen LogP contribution in [0.2, 0.25) is 0 Å². The molecule has 1 saturated heterocycles. The van der Waals surface area contributed by atoms with Crippen molar-refractivity contribution in [1.29, 1.82) is 0 Å². The topological polar surface area (TPSA) is 104 Å². The number of amides is 1. The molecular weight excluding hydrogens is 376 g/mol. The lowest BCUT2D eigenvalue weighted by atomic mass is 10.1. The lowest BCUT2D eigenvalue weighted by Gasteiger charge is -2.33. The van der Waals surface area contributed by atoms with E-state index in [2.05, 4.69) is 0 Å². The van der Waals surface area contributed by atoms with Gasteiger partial charge in [-0.25, -0.2) is 13.9 Å². The van der Waals surface area contributed by atoms with Gasteiger partial charge in [0.25, 0.3) is 5.91 Å². The zero-order valence-electron chi connectivity index (χ0n) is 13.8. The molecule has 0 radical (unpaired) electrons. The lowest BCUT2D eigenvalue weighted by Crippen LogP contribution is -2.51. The minimum absolute atomic E-state index is 0.0157. The van der Waals surface area contributed by atoms with Gasteiger partial charge < -0.3 is 0 Å². The zero-order chi connectivity index (χ0) is 18.7. The van der Waals surface area contributed by atoms with Gasteiger partial charge in [0.05, 0.1) is 5.75 Å². The highest BCUT2D eigenvalue weighted by Gasteiger charge is 2.38. The third-order valence-electron chi connectivity index (χ3n) is 4.37. The number of hydrogen-bond donors (Lipinski definition) is 2. The van der Waals surface area contributed by atoms with Crippen molar-refractivity contribution in [2.75, 3.05) is 5.75 Å². The van der Waals surface area contributed by atoms with Gasteiger partial charge in [-0.15, -0.1) is 11.3 Å². The molecule has 2 aromatic rings. The van der Waals surface area contributed by atoms with Gasteiger partial charge >= 0.3 is 0 Å². The van der Waals surface area contributed by atoms with Gasteiger partial charge in [-0.1, -0.05) is 24.3 Å². The van der Waals surface area contributed by atoms with Crippen LogP contribution in [0.15, 0.2) is 35.7 Å². The van der Waals surface area contributed by atoms with Crippen molar-refractivity contribution in [3.63, 3.8) is 0 Å². The Hall–Kier alpha value is -2.07. The summed E-state index contributed by atoms with van der Waals surface area (Å²) in [5.41, 5.74) is 3.76. The Morgan fingerprint density at radius 3 is 2.69 bits per heavy atom. The number of carbonyl (C=O) groups is 2. The molecular formula is C17H18N2O5S2. The second-order valence-corrected chi connectivity index (χ2v) is 8.97. The van der Waals surface area contributed by atoms with Crippen LogP contribution in [0.25, 0.3) is 10.4 Å². The maximum atomic E-state index is 12.4. The zero-order valence-corrected chi connectivity index (χ0v) is 15.4. The van der Waals surface area contributed by atoms with E-state index < -0.39 is 22.0 Å². The number of carbonyl (C=O) groups excluding carboxylic acids is 2. The van der Waals surface area contributed by atoms with Crippen LogP contribution in [0.4, 0.5) is 0 Å². The third kappa shape index (κ3) is 3.70. The van der Waals surface area contributed by atoms with Gasteiger partial charge in [-0.2, -0.15) is 4.31 Å². The second-order valence-electron chi connectivity index (χ2n) is 6.02. The normalized spacial score (nSPS) is 19.8. The van der Waals surface area contributed by atoms with Crippen molar-refractivity contribution in [2.45, 2.75) is 25.4 Å². The SMILES string of the molecule is O=Cc1ccsc1-c1ccc(CN2[C@H](C(=O)NO)CCCS2(=O)=O)cc1. The van der Waals surface area contributed by atoms with Gasteiger partial charge in [0, 0.05) is 17.0 Å². The molecule has 0 aliphatic carbocycles. The highest BCUT2D eigenvalue weighted by Crippen LogP contribution is 2.30. The van der Waals surface area contributed by atoms with Crippen molar-refractivity contribution in [3.8, 4) is 10.4 Å². The number of aldehydes is 1. The fourth-order valence-electron chi connectivity index (χ4n) is 3.05. The number of hydroxylamine groups is 1. The first kappa shape index (κ1) is 18.7. The average molecular weight is 394 g/mol. The fraction of sp³-hybridized carbons (Fsp3) is 0.294. The number of nitrogens with one attached hydrogen (secondary N) is 1. The molecule has 0 bridgehead atoms. The molecule has 0 spiro atoms. The smallest absolute Gasteiger partial charge is 0.261 e. The number of nitrogens with zero attached hydrogens (tertiary/aromatic N) is 1. The highest BCUT2D eigenvalue weighted by molar-refractivity contribution is 7.89. The Balaban J connectivity index is 1.84. The summed E-state index contributed by atoms with van der Waals surface area (Å²) < 4.78 is 25.9. The maximum Gasteiger partial charge on any atom is 0.261 e. The molecule has 1 amide bonds. The minimum Gasteiger partial charge on any atom is -0.298 e. The highest BCUT2D eigenvalue weighted by atomic mass is 32.2. The quantitative estimate of drug-likeness (QED) is 0.459. The Morgan fingerprint density at radius 1 is 1.31 bits per heavy atom. The molecule has 1 aromatic carbocycles. The summed E-state index contributed by atoms with van der Waals surface area (Å²) in [6.45, 7) is 0.0473. The van der Waals surface area contributed by atoms with Crippen LogP contribution in [-0.4, -0.2) is 41.9 Å². The molecule has 9 heteroatoms. The number of sulfonamides is 1. The van der Waals surface area contributed by atoms with Crippen LogP contribution >= 0.6 is 11.3 Å². The van der Waals surface area contributed by atoms with Crippen molar-refractivity contribution in [2.24, 2.45) is 0 Å². The summed E-state index contributed by atoms with van der Waals surface area (Å²) in [7, 11) is -3.57. The molecule has 26 heavy (non-hydrogen) atoms. The number of thiophene rings is 1. The maximum absolute atomic E-state index is 12.4. The first-order valence-electron chi connectivity index (χ1n) is 8.01. The van der Waals surface area contributed by atoms with Crippen molar-refractivity contribution in [1.82, 2.24) is 9.79 Å². The molecule has 0 saturated carbocycles. The largest absolute Gasteiger partial charge is 0.298 e. The Labute approximate surface area is 155 Å². The summed E-state index contributed by atoms with van der Waals surface area (Å²) in [5, 5.41) is 10.7. The molecule has 3 rings (SSSR count). The van der Waals surface area contributed by atoms with Crippen molar-refractivity contribution in [3.05, 3.63) is 46.8 Å². The second kappa shape index (κ2) is 7.67. The number of rotatable bonds is 5. The van der Waals surface area contributed by atoms with E-state index in [0.29, 0.717) is 18.4 Å². The van der Waals surface area contributed by atoms with E-state index in [1.807, 2.05) is 17.5 Å². The van der Waals surface area contributed by atoms with E-state index >= 15 is 0 Å². The molecule has 2 heterocycles. The number of hydrogen-bond acceptors (Lipinski definition) is 6. The Morgan fingerprint density at radius 2 is 2.04 bits per heavy atom. The summed E-state index contributed by atoms with van der Waals surface area (Å²) in [6.07, 6.45) is 1.54. The van der Waals surface area contributed by atoms with E-state index in [1.54, 1.807) is 23.7 Å². The first-order chi connectivity index (χ1) is 12.5. The van der Waals surface area contributed by atoms with E-state index in [-0.39, 0.29) is 12.3 Å². The van der Waals surface area contributed by atoms with Gasteiger partial charge in [0.1, 0.15) is 6.04 Å². The standard InChI is InChI=1S/C17H18N2O5S2/c20-11-14-7-8-25-16(14)13-5-3-12(4-6-13)10-19-15(17(21)18-22)2-1-9-26(19,23)24/h3-8,11,15,22H,1-2,9-10H2,(H,18,21)/t15-/m0/s1. The summed E-state index contributed by atoms with van der Waals surface area (Å²) in [5.74, 6) is -0.739. The van der Waals surface area contributed by atoms with E-state index in [0.717, 1.165) is 26.6 Å². The van der Waals surface area contributed by atoms with E-state index in [4.69, 9.17) is 5.21 Å². The van der Waals surface area contributed by atoms with E-state index in [9.17, 15) is 18.0 Å². The van der Waals surface area contributed by atoms with E-state index in [1.165, 1.54) is 11.3 Å². The average Bonchev–Trinajstić information content (AvgIpc) is 3.12. The molecule has 2 N–H and O–H groups in total. The fourth-order valence-corrected chi connectivity index (χ4v) is 5.62. The van der Waals surface area contributed by atoms with Crippen LogP contribution in [0, 0.1) is 0 Å². The molecule has 138 valence electrons. The van der Waals surface area contributed by atoms with Crippen LogP contribution in [-0.2, 0) is 21.4 Å². The summed E-state index contributed by atoms with van der Waals surface area (Å²) in [6, 6.07) is 8.04. The van der Waals surface area contributed by atoms with Gasteiger partial charge in [-0.05, 0) is 35.4 Å². The van der Waals surface area contributed by atoms with Crippen LogP contribution in [0.5, 0.6) is 0 Å². The van der Waals surface area contributed by atoms with Crippen LogP contribution < -0.4 is 5.48 Å². The molecule has 1 aliphatic rings. The van der Waals surface area contributed by atoms with Gasteiger partial charge in [-0.3, -0.25) is 14.8 Å². The van der Waals surface area contributed by atoms with Gasteiger partial charge in [0.15, 0.2) is 6.29 Å². The molecule has 1 fully saturated rings. The molecule has 1 aromatic heterocycles. The van der Waals surface area contributed by atoms with Crippen molar-refractivity contribution >= 4 is 33.6 Å². The minimum atomic E-state index is -3.57. The molecule has 1 aliphatic heterocycles.